The van der Waals surface area contributed by atoms with E-state index in [4.69, 9.17) is 26.4 Å². The molecule has 4 rings (SSSR count). The van der Waals surface area contributed by atoms with Crippen molar-refractivity contribution in [3.8, 4) is 0 Å². The summed E-state index contributed by atoms with van der Waals surface area (Å²) in [4.78, 5) is 73.8. The van der Waals surface area contributed by atoms with E-state index in [1.807, 2.05) is 100 Å². The summed E-state index contributed by atoms with van der Waals surface area (Å²) in [5.41, 5.74) is 2.13. The van der Waals surface area contributed by atoms with E-state index < -0.39 is 29.4 Å². The number of amides is 2. The summed E-state index contributed by atoms with van der Waals surface area (Å²) in [6.45, 7) is 34.3. The Morgan fingerprint density at radius 2 is 1.20 bits per heavy atom. The highest BCUT2D eigenvalue weighted by Gasteiger charge is 2.49. The number of thiocarbonyl (C=S) groups is 1. The van der Waals surface area contributed by atoms with Gasteiger partial charge in [-0.05, 0) is 87.0 Å². The molecule has 0 bridgehead atoms. The second-order valence-corrected chi connectivity index (χ2v) is 20.3. The summed E-state index contributed by atoms with van der Waals surface area (Å²) >= 11 is 9.44. The second-order valence-electron chi connectivity index (χ2n) is 19.2. The first-order valence-electron chi connectivity index (χ1n) is 24.8. The number of esters is 2. The number of carbonyl (C=O) groups excluding carboxylic acids is 6. The third-order valence-corrected chi connectivity index (χ3v) is 13.4. The van der Waals surface area contributed by atoms with Crippen LogP contribution in [0.25, 0.3) is 0 Å². The lowest BCUT2D eigenvalue weighted by Crippen LogP contribution is -2.52. The second kappa shape index (κ2) is 33.8. The zero-order valence-corrected chi connectivity index (χ0v) is 46.8. The van der Waals surface area contributed by atoms with E-state index in [0.29, 0.717) is 47.6 Å². The molecule has 0 N–H and O–H groups in total. The first kappa shape index (κ1) is 65.3. The van der Waals surface area contributed by atoms with Crippen molar-refractivity contribution in [3.05, 3.63) is 60.7 Å². The molecule has 0 saturated carbocycles. The lowest BCUT2D eigenvalue weighted by molar-refractivity contribution is -0.170. The molecule has 2 aromatic carbocycles. The summed E-state index contributed by atoms with van der Waals surface area (Å²) in [5.74, 6) is -0.535. The van der Waals surface area contributed by atoms with E-state index in [-0.39, 0.29) is 57.4 Å². The van der Waals surface area contributed by atoms with E-state index >= 15 is 0 Å². The fourth-order valence-corrected chi connectivity index (χ4v) is 8.35. The summed E-state index contributed by atoms with van der Waals surface area (Å²) in [7, 11) is 0. The standard InChI is InChI=1S/C16H27NO5.C13H11NS2.C13H28.C10H15NO6.C2H6/c1-6-21-14(19)13(15(20)22-7-2)16(4,5)11(3)17-10-8-9-12(17)18;15-13(16)14(11-7-3-1-4-8-11)12-9-5-2-6-10-12;1-10(2)9-12(5,6)13(7,8)11(3)4;12-8-15-6-7-17-10(14)16-5-4-11-3-1-2-9(11)13;1-2/h11,13H,6-10H2,1-5H3;1-10H,(H,15,16);10-11H,9H2,1-8H3;8H,1-7H2;1-2H3. The lowest BCUT2D eigenvalue weighted by Gasteiger charge is -2.46. The molecule has 1 atom stereocenters. The third-order valence-electron chi connectivity index (χ3n) is 13.0. The van der Waals surface area contributed by atoms with Crippen LogP contribution in [0.3, 0.4) is 0 Å². The Balaban J connectivity index is 0.000000910. The number of likely N-dealkylation sites (tertiary alicyclic amines) is 2. The molecule has 2 saturated heterocycles. The first-order chi connectivity index (χ1) is 32.9. The van der Waals surface area contributed by atoms with Gasteiger partial charge in [-0.15, -0.1) is 12.6 Å². The number of para-hydroxylation sites is 2. The summed E-state index contributed by atoms with van der Waals surface area (Å²) in [6, 6.07) is 19.7. The average molecular weight is 1020 g/mol. The van der Waals surface area contributed by atoms with Crippen molar-refractivity contribution in [2.24, 2.45) is 34.0 Å². The van der Waals surface area contributed by atoms with Gasteiger partial charge in [-0.1, -0.05) is 132 Å². The normalized spacial score (nSPS) is 13.8. The zero-order valence-electron chi connectivity index (χ0n) is 45.0. The Morgan fingerprint density at radius 1 is 0.729 bits per heavy atom. The molecule has 0 radical (unpaired) electrons. The fraction of sp³-hybridized carbons (Fsp3) is 0.648. The van der Waals surface area contributed by atoms with Crippen LogP contribution in [0.1, 0.15) is 136 Å². The molecule has 0 spiro atoms. The van der Waals surface area contributed by atoms with Gasteiger partial charge in [-0.25, -0.2) is 4.79 Å². The monoisotopic (exact) mass is 1020 g/mol. The van der Waals surface area contributed by atoms with Crippen LogP contribution >= 0.6 is 24.8 Å². The van der Waals surface area contributed by atoms with E-state index in [9.17, 15) is 28.8 Å². The van der Waals surface area contributed by atoms with Crippen LogP contribution in [0, 0.1) is 34.0 Å². The molecule has 16 heteroatoms. The number of anilines is 2. The van der Waals surface area contributed by atoms with E-state index in [1.54, 1.807) is 23.6 Å². The van der Waals surface area contributed by atoms with Crippen LogP contribution in [0.4, 0.5) is 16.2 Å². The van der Waals surface area contributed by atoms with Gasteiger partial charge in [0.2, 0.25) is 11.8 Å². The van der Waals surface area contributed by atoms with Gasteiger partial charge in [0.1, 0.15) is 24.1 Å². The molecule has 0 aliphatic carbocycles. The van der Waals surface area contributed by atoms with Crippen LogP contribution in [0.5, 0.6) is 0 Å². The molecule has 1 unspecified atom stereocenters. The van der Waals surface area contributed by atoms with Crippen molar-refractivity contribution in [1.29, 1.82) is 0 Å². The zero-order chi connectivity index (χ0) is 53.7. The quantitative estimate of drug-likeness (QED) is 0.0254. The van der Waals surface area contributed by atoms with Gasteiger partial charge in [0.25, 0.3) is 6.47 Å². The predicted octanol–water partition coefficient (Wildman–Crippen LogP) is 11.5. The number of rotatable bonds is 20. The Morgan fingerprint density at radius 3 is 1.59 bits per heavy atom. The molecule has 0 aromatic heterocycles. The minimum atomic E-state index is -1.05. The molecule has 2 aliphatic rings. The van der Waals surface area contributed by atoms with Gasteiger partial charge in [-0.3, -0.25) is 28.9 Å². The van der Waals surface area contributed by atoms with Crippen molar-refractivity contribution >= 4 is 76.9 Å². The lowest BCUT2D eigenvalue weighted by atomic mass is 9.59. The van der Waals surface area contributed by atoms with Gasteiger partial charge >= 0.3 is 18.1 Å². The highest BCUT2D eigenvalue weighted by atomic mass is 32.1. The van der Waals surface area contributed by atoms with Crippen LogP contribution in [-0.4, -0.2) is 109 Å². The van der Waals surface area contributed by atoms with Crippen molar-refractivity contribution in [3.63, 3.8) is 0 Å². The number of thiol groups is 1. The summed E-state index contributed by atoms with van der Waals surface area (Å²) < 4.78 is 24.3. The molecule has 14 nitrogen and oxygen atoms in total. The largest absolute Gasteiger partial charge is 0.508 e. The maximum absolute atomic E-state index is 12.3. The Hall–Kier alpha value is -4.70. The molecule has 396 valence electrons. The molecule has 2 fully saturated rings. The highest BCUT2D eigenvalue weighted by Crippen LogP contribution is 2.48. The first-order valence-corrected chi connectivity index (χ1v) is 25.6. The summed E-state index contributed by atoms with van der Waals surface area (Å²) in [5, 5.41) is 0. The van der Waals surface area contributed by atoms with Gasteiger partial charge < -0.3 is 33.5 Å². The van der Waals surface area contributed by atoms with Gasteiger partial charge in [-0.2, -0.15) is 0 Å². The van der Waals surface area contributed by atoms with E-state index in [1.165, 1.54) is 6.42 Å². The molecule has 70 heavy (non-hydrogen) atoms. The Labute approximate surface area is 431 Å². The number of carbonyl (C=O) groups is 6. The molecular formula is C54H87N3O11S2. The Bertz CT molecular complexity index is 1800. The van der Waals surface area contributed by atoms with Crippen LogP contribution in [0.15, 0.2) is 60.7 Å². The maximum atomic E-state index is 12.3. The van der Waals surface area contributed by atoms with Crippen LogP contribution < -0.4 is 4.90 Å². The van der Waals surface area contributed by atoms with Gasteiger partial charge in [0.05, 0.1) is 19.8 Å². The van der Waals surface area contributed by atoms with Crippen molar-refractivity contribution < 1.29 is 52.5 Å². The summed E-state index contributed by atoms with van der Waals surface area (Å²) in [6.07, 6.45) is 3.23. The van der Waals surface area contributed by atoms with Crippen LogP contribution in [-0.2, 0) is 47.7 Å². The molecular weight excluding hydrogens is 931 g/mol. The van der Waals surface area contributed by atoms with Gasteiger partial charge in [0.15, 0.2) is 5.92 Å². The number of nitrogens with zero attached hydrogens (tertiary/aromatic N) is 3. The van der Waals surface area contributed by atoms with E-state index in [0.717, 1.165) is 36.1 Å². The average Bonchev–Trinajstić information content (AvgIpc) is 3.93. The smallest absolute Gasteiger partial charge is 0.465 e. The maximum Gasteiger partial charge on any atom is 0.508 e. The molecule has 2 heterocycles. The number of benzene rings is 2. The number of hydrogen-bond acceptors (Lipinski definition) is 12. The third kappa shape index (κ3) is 22.2. The fourth-order valence-electron chi connectivity index (χ4n) is 7.91. The van der Waals surface area contributed by atoms with Crippen molar-refractivity contribution in [1.82, 2.24) is 9.80 Å². The Kier molecular flexibility index (Phi) is 31.5. The highest BCUT2D eigenvalue weighted by molar-refractivity contribution is 8.11. The van der Waals surface area contributed by atoms with Gasteiger partial charge in [0, 0.05) is 48.8 Å². The molecule has 2 amide bonds. The van der Waals surface area contributed by atoms with E-state index in [2.05, 4.69) is 77.5 Å². The minimum Gasteiger partial charge on any atom is -0.465 e. The number of ether oxygens (including phenoxy) is 5. The number of hydrogen-bond donors (Lipinski definition) is 1. The minimum absolute atomic E-state index is 0.00319. The van der Waals surface area contributed by atoms with Crippen LogP contribution in [0.2, 0.25) is 0 Å². The van der Waals surface area contributed by atoms with Crippen molar-refractivity contribution in [2.75, 3.05) is 57.6 Å². The van der Waals surface area contributed by atoms with Crippen molar-refractivity contribution in [2.45, 2.75) is 142 Å². The SMILES string of the molecule is CC.CC(C)CC(C)(C)C(C)(C)C(C)C.CCOC(=O)C(C(=O)OCC)C(C)(C)C(C)N1CCCC1=O.O=COCCOC(=O)OCCN1CCCC1=O.S=C(S)N(c1ccccc1)c1ccccc1. The topological polar surface area (TPSA) is 158 Å². The predicted molar refractivity (Wildman–Crippen MR) is 286 cm³/mol. The molecule has 2 aromatic rings. The molecule has 2 aliphatic heterocycles.